The van der Waals surface area contributed by atoms with Gasteiger partial charge >= 0.3 is 5.97 Å². The molecule has 0 aliphatic carbocycles. The zero-order valence-electron chi connectivity index (χ0n) is 11.2. The van der Waals surface area contributed by atoms with Crippen LogP contribution in [-0.4, -0.2) is 11.1 Å². The van der Waals surface area contributed by atoms with E-state index in [2.05, 4.69) is 0 Å². The van der Waals surface area contributed by atoms with Gasteiger partial charge in [0.2, 0.25) is 0 Å². The van der Waals surface area contributed by atoms with Gasteiger partial charge in [0.05, 0.1) is 16.1 Å². The van der Waals surface area contributed by atoms with Gasteiger partial charge in [0.25, 0.3) is 0 Å². The third kappa shape index (κ3) is 3.15. The van der Waals surface area contributed by atoms with Crippen LogP contribution in [0.2, 0.25) is 10.0 Å². The quantitative estimate of drug-likeness (QED) is 0.761. The molecule has 1 aromatic rings. The summed E-state index contributed by atoms with van der Waals surface area (Å²) in [4.78, 5) is 11.8. The molecule has 3 nitrogen and oxygen atoms in total. The molecule has 0 radical (unpaired) electrons. The highest BCUT2D eigenvalue weighted by Crippen LogP contribution is 2.41. The van der Waals surface area contributed by atoms with E-state index in [4.69, 9.17) is 28.9 Å². The van der Waals surface area contributed by atoms with E-state index in [9.17, 15) is 9.90 Å². The van der Waals surface area contributed by atoms with E-state index in [1.54, 1.807) is 6.07 Å². The molecule has 3 N–H and O–H groups in total. The molecule has 1 unspecified atom stereocenters. The summed E-state index contributed by atoms with van der Waals surface area (Å²) in [5, 5.41) is 10.4. The first-order chi connectivity index (χ1) is 8.89. The molecule has 0 fully saturated rings. The van der Waals surface area contributed by atoms with Crippen molar-refractivity contribution in [1.82, 2.24) is 0 Å². The number of nitrogen functional groups attached to an aromatic ring is 1. The van der Waals surface area contributed by atoms with Gasteiger partial charge in [0.15, 0.2) is 0 Å². The highest BCUT2D eigenvalue weighted by Gasteiger charge is 2.40. The number of carbonyl (C=O) groups is 1. The predicted molar refractivity (Wildman–Crippen MR) is 80.0 cm³/mol. The van der Waals surface area contributed by atoms with Gasteiger partial charge in [-0.05, 0) is 30.5 Å². The highest BCUT2D eigenvalue weighted by molar-refractivity contribution is 6.36. The Labute approximate surface area is 123 Å². The fraction of sp³-hybridized carbons (Fsp3) is 0.500. The Morgan fingerprint density at radius 2 is 2.00 bits per heavy atom. The van der Waals surface area contributed by atoms with Crippen LogP contribution in [0.3, 0.4) is 0 Å². The van der Waals surface area contributed by atoms with Crippen LogP contribution >= 0.6 is 23.2 Å². The van der Waals surface area contributed by atoms with E-state index in [1.165, 1.54) is 6.07 Å². The van der Waals surface area contributed by atoms with Gasteiger partial charge in [-0.1, -0.05) is 49.9 Å². The number of halogens is 2. The Morgan fingerprint density at radius 1 is 1.37 bits per heavy atom. The van der Waals surface area contributed by atoms with Crippen LogP contribution in [0.4, 0.5) is 5.69 Å². The number of benzene rings is 1. The molecule has 0 aromatic heterocycles. The molecule has 0 saturated carbocycles. The molecule has 1 rings (SSSR count). The van der Waals surface area contributed by atoms with E-state index >= 15 is 0 Å². The van der Waals surface area contributed by atoms with Crippen molar-refractivity contribution in [1.29, 1.82) is 0 Å². The summed E-state index contributed by atoms with van der Waals surface area (Å²) < 4.78 is 0. The lowest BCUT2D eigenvalue weighted by Crippen LogP contribution is -2.36. The largest absolute Gasteiger partial charge is 0.481 e. The molecule has 0 aliphatic rings. The molecule has 0 heterocycles. The second-order valence-corrected chi connectivity index (χ2v) is 5.54. The van der Waals surface area contributed by atoms with Crippen LogP contribution in [0.15, 0.2) is 12.1 Å². The molecule has 0 aliphatic heterocycles. The van der Waals surface area contributed by atoms with Crippen molar-refractivity contribution < 1.29 is 9.90 Å². The second-order valence-electron chi connectivity index (χ2n) is 4.69. The van der Waals surface area contributed by atoms with Crippen LogP contribution in [0.25, 0.3) is 0 Å². The third-order valence-electron chi connectivity index (χ3n) is 3.58. The van der Waals surface area contributed by atoms with Crippen LogP contribution in [-0.2, 0) is 10.2 Å². The van der Waals surface area contributed by atoms with Gasteiger partial charge in [0.1, 0.15) is 0 Å². The van der Waals surface area contributed by atoms with Crippen LogP contribution in [0.5, 0.6) is 0 Å². The molecule has 5 heteroatoms. The second kappa shape index (κ2) is 6.49. The maximum absolute atomic E-state index is 11.8. The number of hydrogen-bond donors (Lipinski definition) is 2. The van der Waals surface area contributed by atoms with Crippen LogP contribution < -0.4 is 5.73 Å². The minimum absolute atomic E-state index is 0.304. The Bertz CT molecular complexity index is 477. The molecular weight excluding hydrogens is 285 g/mol. The van der Waals surface area contributed by atoms with Crippen molar-refractivity contribution in [3.8, 4) is 0 Å². The highest BCUT2D eigenvalue weighted by atomic mass is 35.5. The van der Waals surface area contributed by atoms with Crippen molar-refractivity contribution in [3.63, 3.8) is 0 Å². The van der Waals surface area contributed by atoms with Crippen molar-refractivity contribution in [2.24, 2.45) is 0 Å². The number of nitrogens with two attached hydrogens (primary N) is 1. The van der Waals surface area contributed by atoms with Crippen molar-refractivity contribution in [3.05, 3.63) is 27.7 Å². The predicted octanol–water partition coefficient (Wildman–Crippen LogP) is 4.50. The molecule has 0 saturated heterocycles. The van der Waals surface area contributed by atoms with Gasteiger partial charge in [-0.15, -0.1) is 0 Å². The Hall–Kier alpha value is -0.930. The number of hydrogen-bond acceptors (Lipinski definition) is 2. The van der Waals surface area contributed by atoms with E-state index in [1.807, 2.05) is 13.8 Å². The Balaban J connectivity index is 3.43. The standard InChI is InChI=1S/C14H19Cl2NO2/c1-3-5-6-14(4-2,13(18)19)10-7-9(15)8-11(16)12(10)17/h7-8H,3-6,17H2,1-2H3,(H,18,19). The van der Waals surface area contributed by atoms with E-state index in [0.717, 1.165) is 12.8 Å². The average molecular weight is 304 g/mol. The fourth-order valence-corrected chi connectivity index (χ4v) is 2.83. The first kappa shape index (κ1) is 16.1. The normalized spacial score (nSPS) is 14.1. The van der Waals surface area contributed by atoms with Gasteiger partial charge < -0.3 is 10.8 Å². The minimum Gasteiger partial charge on any atom is -0.481 e. The maximum Gasteiger partial charge on any atom is 0.314 e. The molecule has 0 spiro atoms. The fourth-order valence-electron chi connectivity index (χ4n) is 2.33. The minimum atomic E-state index is -1.02. The zero-order chi connectivity index (χ0) is 14.6. The number of rotatable bonds is 6. The van der Waals surface area contributed by atoms with E-state index in [-0.39, 0.29) is 0 Å². The van der Waals surface area contributed by atoms with Crippen molar-refractivity contribution in [2.45, 2.75) is 44.9 Å². The summed E-state index contributed by atoms with van der Waals surface area (Å²) in [5.74, 6) is -0.881. The molecule has 0 amide bonds. The molecule has 1 atom stereocenters. The lowest BCUT2D eigenvalue weighted by molar-refractivity contribution is -0.144. The Morgan fingerprint density at radius 3 is 2.47 bits per heavy atom. The van der Waals surface area contributed by atoms with Crippen LogP contribution in [0.1, 0.15) is 45.1 Å². The summed E-state index contributed by atoms with van der Waals surface area (Å²) in [5.41, 5.74) is 5.78. The average Bonchev–Trinajstić information content (AvgIpc) is 2.35. The maximum atomic E-state index is 11.8. The summed E-state index contributed by atoms with van der Waals surface area (Å²) in [7, 11) is 0. The molecule has 0 bridgehead atoms. The van der Waals surface area contributed by atoms with Crippen molar-refractivity contribution >= 4 is 34.9 Å². The van der Waals surface area contributed by atoms with Gasteiger partial charge in [0, 0.05) is 5.02 Å². The topological polar surface area (TPSA) is 63.3 Å². The van der Waals surface area contributed by atoms with Gasteiger partial charge in [-0.25, -0.2) is 0 Å². The number of anilines is 1. The first-order valence-corrected chi connectivity index (χ1v) is 7.13. The van der Waals surface area contributed by atoms with E-state index < -0.39 is 11.4 Å². The molecule has 19 heavy (non-hydrogen) atoms. The lowest BCUT2D eigenvalue weighted by atomic mass is 9.73. The first-order valence-electron chi connectivity index (χ1n) is 6.37. The molecular formula is C14H19Cl2NO2. The smallest absolute Gasteiger partial charge is 0.314 e. The number of carboxylic acid groups (broad SMARTS) is 1. The number of unbranched alkanes of at least 4 members (excludes halogenated alkanes) is 1. The van der Waals surface area contributed by atoms with Gasteiger partial charge in [-0.3, -0.25) is 4.79 Å². The zero-order valence-corrected chi connectivity index (χ0v) is 12.7. The van der Waals surface area contributed by atoms with Gasteiger partial charge in [-0.2, -0.15) is 0 Å². The molecule has 106 valence electrons. The van der Waals surface area contributed by atoms with Crippen LogP contribution in [0, 0.1) is 0 Å². The summed E-state index contributed by atoms with van der Waals surface area (Å²) in [6.07, 6.45) is 2.70. The SMILES string of the molecule is CCCCC(CC)(C(=O)O)c1cc(Cl)cc(Cl)c1N. The number of aliphatic carboxylic acids is 1. The van der Waals surface area contributed by atoms with E-state index in [0.29, 0.717) is 34.1 Å². The summed E-state index contributed by atoms with van der Waals surface area (Å²) in [6.45, 7) is 3.87. The lowest BCUT2D eigenvalue weighted by Gasteiger charge is -2.30. The van der Waals surface area contributed by atoms with Crippen molar-refractivity contribution in [2.75, 3.05) is 5.73 Å². The summed E-state index contributed by atoms with van der Waals surface area (Å²) in [6, 6.07) is 3.15. The monoisotopic (exact) mass is 303 g/mol. The Kier molecular flexibility index (Phi) is 5.50. The third-order valence-corrected chi connectivity index (χ3v) is 4.11. The number of carboxylic acids is 1. The molecule has 1 aromatic carbocycles. The summed E-state index contributed by atoms with van der Waals surface area (Å²) >= 11 is 12.0.